The van der Waals surface area contributed by atoms with E-state index in [2.05, 4.69) is 4.90 Å². The maximum atomic E-state index is 12.7. The van der Waals surface area contributed by atoms with Crippen molar-refractivity contribution in [1.29, 1.82) is 0 Å². The molecule has 1 aliphatic carbocycles. The van der Waals surface area contributed by atoms with Crippen molar-refractivity contribution in [3.8, 4) is 5.75 Å². The van der Waals surface area contributed by atoms with Crippen LogP contribution in [0.1, 0.15) is 33.5 Å². The summed E-state index contributed by atoms with van der Waals surface area (Å²) in [6, 6.07) is 9.12. The summed E-state index contributed by atoms with van der Waals surface area (Å²) in [4.78, 5) is 30.7. The average molecular weight is 401 g/mol. The van der Waals surface area contributed by atoms with E-state index in [9.17, 15) is 14.7 Å². The number of carbonyl (C=O) groups excluding carboxylic acids is 2. The molecule has 0 saturated carbocycles. The molecule has 1 atom stereocenters. The predicted octanol–water partition coefficient (Wildman–Crippen LogP) is 2.84. The molecule has 2 aliphatic rings. The molecule has 148 valence electrons. The number of hydrogen-bond donors (Lipinski definition) is 1. The first-order valence-corrected chi connectivity index (χ1v) is 10.5. The lowest BCUT2D eigenvalue weighted by Crippen LogP contribution is -2.51. The van der Waals surface area contributed by atoms with Crippen LogP contribution in [0.25, 0.3) is 0 Å². The maximum absolute atomic E-state index is 12.7. The van der Waals surface area contributed by atoms with Crippen molar-refractivity contribution >= 4 is 28.9 Å². The summed E-state index contributed by atoms with van der Waals surface area (Å²) < 4.78 is 5.45. The largest absolute Gasteiger partial charge is 0.506 e. The third kappa shape index (κ3) is 3.71. The zero-order valence-electron chi connectivity index (χ0n) is 15.9. The van der Waals surface area contributed by atoms with Crippen molar-refractivity contribution < 1.29 is 19.4 Å². The van der Waals surface area contributed by atoms with Crippen LogP contribution >= 0.6 is 11.3 Å². The number of ether oxygens (including phenoxy) is 1. The van der Waals surface area contributed by atoms with Crippen LogP contribution in [-0.4, -0.2) is 54.2 Å². The molecule has 1 saturated heterocycles. The van der Waals surface area contributed by atoms with Crippen molar-refractivity contribution in [2.75, 3.05) is 31.1 Å². The number of benzene rings is 1. The molecular weight excluding hydrogens is 376 g/mol. The molecule has 1 aliphatic heterocycles. The topological polar surface area (TPSA) is 70.1 Å². The number of rotatable bonds is 4. The van der Waals surface area contributed by atoms with Gasteiger partial charge in [-0.3, -0.25) is 4.79 Å². The molecule has 28 heavy (non-hydrogen) atoms. The number of carbonyl (C=O) groups is 2. The highest BCUT2D eigenvalue weighted by Crippen LogP contribution is 2.31. The first-order chi connectivity index (χ1) is 13.5. The number of phenols is 1. The van der Waals surface area contributed by atoms with Gasteiger partial charge in [-0.2, -0.15) is 0 Å². The first-order valence-electron chi connectivity index (χ1n) is 9.67. The Labute approximate surface area is 168 Å². The van der Waals surface area contributed by atoms with Gasteiger partial charge in [0.25, 0.3) is 5.91 Å². The molecule has 0 radical (unpaired) electrons. The van der Waals surface area contributed by atoms with Crippen molar-refractivity contribution in [1.82, 2.24) is 4.90 Å². The fourth-order valence-corrected chi connectivity index (χ4v) is 4.99. The SMILES string of the molecule is CC(OC(=O)c1cc2c(s1)CCC2)C(=O)N1CCN(c2ccccc2O)CC1. The van der Waals surface area contributed by atoms with E-state index in [1.807, 2.05) is 18.2 Å². The molecule has 1 amide bonds. The van der Waals surface area contributed by atoms with Crippen molar-refractivity contribution in [3.63, 3.8) is 0 Å². The van der Waals surface area contributed by atoms with Gasteiger partial charge >= 0.3 is 5.97 Å². The van der Waals surface area contributed by atoms with Gasteiger partial charge in [-0.05, 0) is 49.9 Å². The third-order valence-electron chi connectivity index (χ3n) is 5.39. The lowest BCUT2D eigenvalue weighted by molar-refractivity contribution is -0.140. The van der Waals surface area contributed by atoms with Crippen LogP contribution in [0.2, 0.25) is 0 Å². The zero-order valence-corrected chi connectivity index (χ0v) is 16.7. The fourth-order valence-electron chi connectivity index (χ4n) is 3.86. The number of hydrogen-bond acceptors (Lipinski definition) is 6. The number of aromatic hydroxyl groups is 1. The Kier molecular flexibility index (Phi) is 5.26. The third-order valence-corrected chi connectivity index (χ3v) is 6.61. The molecule has 1 N–H and O–H groups in total. The molecule has 7 heteroatoms. The lowest BCUT2D eigenvalue weighted by Gasteiger charge is -2.37. The van der Waals surface area contributed by atoms with E-state index < -0.39 is 12.1 Å². The number of fused-ring (bicyclic) bond motifs is 1. The van der Waals surface area contributed by atoms with Gasteiger partial charge in [0.2, 0.25) is 0 Å². The van der Waals surface area contributed by atoms with Crippen LogP contribution in [0, 0.1) is 0 Å². The van der Waals surface area contributed by atoms with E-state index in [0.29, 0.717) is 31.1 Å². The van der Waals surface area contributed by atoms with Crippen LogP contribution in [0.15, 0.2) is 30.3 Å². The zero-order chi connectivity index (χ0) is 19.7. The Hall–Kier alpha value is -2.54. The van der Waals surface area contributed by atoms with E-state index in [4.69, 9.17) is 4.74 Å². The summed E-state index contributed by atoms with van der Waals surface area (Å²) in [5, 5.41) is 10.00. The molecule has 1 aromatic carbocycles. The second kappa shape index (κ2) is 7.83. The van der Waals surface area contributed by atoms with Gasteiger partial charge in [-0.25, -0.2) is 4.79 Å². The van der Waals surface area contributed by atoms with Crippen molar-refractivity contribution in [2.24, 2.45) is 0 Å². The Morgan fingerprint density at radius 1 is 1.14 bits per heavy atom. The number of esters is 1. The number of para-hydroxylation sites is 2. The molecule has 0 bridgehead atoms. The molecule has 2 heterocycles. The second-order valence-corrected chi connectivity index (χ2v) is 8.40. The highest BCUT2D eigenvalue weighted by Gasteiger charge is 2.29. The molecule has 1 unspecified atom stereocenters. The normalized spacial score (nSPS) is 17.3. The number of thiophene rings is 1. The fraction of sp³-hybridized carbons (Fsp3) is 0.429. The molecule has 1 aromatic heterocycles. The monoisotopic (exact) mass is 400 g/mol. The van der Waals surface area contributed by atoms with Gasteiger partial charge in [-0.1, -0.05) is 12.1 Å². The molecular formula is C21H24N2O4S. The van der Waals surface area contributed by atoms with Gasteiger partial charge in [0.15, 0.2) is 6.10 Å². The first kappa shape index (κ1) is 18.8. The average Bonchev–Trinajstić information content (AvgIpc) is 3.30. The number of nitrogens with zero attached hydrogens (tertiary/aromatic N) is 2. The summed E-state index contributed by atoms with van der Waals surface area (Å²) in [7, 11) is 0. The van der Waals surface area contributed by atoms with Gasteiger partial charge in [-0.15, -0.1) is 11.3 Å². The summed E-state index contributed by atoms with van der Waals surface area (Å²) >= 11 is 1.49. The van der Waals surface area contributed by atoms with Crippen molar-refractivity contribution in [2.45, 2.75) is 32.3 Å². The minimum atomic E-state index is -0.805. The molecule has 0 spiro atoms. The molecule has 6 nitrogen and oxygen atoms in total. The van der Waals surface area contributed by atoms with Crippen LogP contribution in [0.4, 0.5) is 5.69 Å². The van der Waals surface area contributed by atoms with Crippen molar-refractivity contribution in [3.05, 3.63) is 45.6 Å². The summed E-state index contributed by atoms with van der Waals surface area (Å²) in [5.74, 6) is -0.338. The number of anilines is 1. The molecule has 4 rings (SSSR count). The van der Waals surface area contributed by atoms with E-state index in [-0.39, 0.29) is 11.7 Å². The van der Waals surface area contributed by atoms with Crippen LogP contribution in [0.3, 0.4) is 0 Å². The van der Waals surface area contributed by atoms with Crippen LogP contribution in [0.5, 0.6) is 5.75 Å². The Bertz CT molecular complexity index is 865. The molecule has 1 fully saturated rings. The quantitative estimate of drug-likeness (QED) is 0.800. The standard InChI is InChI=1S/C21H24N2O4S/c1-14(27-21(26)19-13-15-5-4-8-18(15)28-19)20(25)23-11-9-22(10-12-23)16-6-2-3-7-17(16)24/h2-3,6-7,13-14,24H,4-5,8-12H2,1H3. The predicted molar refractivity (Wildman–Crippen MR) is 108 cm³/mol. The van der Waals surface area contributed by atoms with Crippen LogP contribution < -0.4 is 4.90 Å². The highest BCUT2D eigenvalue weighted by atomic mass is 32.1. The minimum Gasteiger partial charge on any atom is -0.506 e. The smallest absolute Gasteiger partial charge is 0.349 e. The van der Waals surface area contributed by atoms with E-state index in [0.717, 1.165) is 24.9 Å². The maximum Gasteiger partial charge on any atom is 0.349 e. The second-order valence-electron chi connectivity index (χ2n) is 7.26. The highest BCUT2D eigenvalue weighted by molar-refractivity contribution is 7.14. The number of aryl methyl sites for hydroxylation is 2. The van der Waals surface area contributed by atoms with Gasteiger partial charge in [0, 0.05) is 31.1 Å². The Morgan fingerprint density at radius 3 is 2.61 bits per heavy atom. The number of amides is 1. The molecule has 2 aromatic rings. The van der Waals surface area contributed by atoms with Gasteiger partial charge < -0.3 is 19.6 Å². The minimum absolute atomic E-state index is 0.172. The summed E-state index contributed by atoms with van der Waals surface area (Å²) in [6.45, 7) is 3.95. The van der Waals surface area contributed by atoms with E-state index in [1.165, 1.54) is 21.8 Å². The number of piperazine rings is 1. The van der Waals surface area contributed by atoms with Gasteiger partial charge in [0.1, 0.15) is 10.6 Å². The summed E-state index contributed by atoms with van der Waals surface area (Å²) in [6.07, 6.45) is 2.40. The van der Waals surface area contributed by atoms with E-state index >= 15 is 0 Å². The van der Waals surface area contributed by atoms with Crippen LogP contribution in [-0.2, 0) is 22.4 Å². The lowest BCUT2D eigenvalue weighted by atomic mass is 10.2. The number of phenolic OH excluding ortho intramolecular Hbond substituents is 1. The summed E-state index contributed by atoms with van der Waals surface area (Å²) in [5.41, 5.74) is 2.02. The Balaban J connectivity index is 1.32. The van der Waals surface area contributed by atoms with Gasteiger partial charge in [0.05, 0.1) is 5.69 Å². The van der Waals surface area contributed by atoms with E-state index in [1.54, 1.807) is 24.0 Å². The Morgan fingerprint density at radius 2 is 1.89 bits per heavy atom.